The standard InChI is InChI=1S/C19H24N2O3/c1-12-8-10-14(11-9-12)17-16(13(2)20-19(23)21-17)18(22)24-15-6-4-3-5-7-15/h8-11,15,17H,3-7H2,1-2H3,(H2,20,21,23)/t17-/m1/s1. The summed E-state index contributed by atoms with van der Waals surface area (Å²) in [6, 6.07) is 7.05. The molecular formula is C19H24N2O3. The maximum Gasteiger partial charge on any atom is 0.338 e. The third-order valence-corrected chi connectivity index (χ3v) is 4.73. The predicted molar refractivity (Wildman–Crippen MR) is 91.3 cm³/mol. The molecule has 2 N–H and O–H groups in total. The number of hydrogen-bond acceptors (Lipinski definition) is 3. The Balaban J connectivity index is 1.85. The smallest absolute Gasteiger partial charge is 0.338 e. The average molecular weight is 328 g/mol. The monoisotopic (exact) mass is 328 g/mol. The molecule has 1 atom stereocenters. The Bertz CT molecular complexity index is 658. The third kappa shape index (κ3) is 3.61. The predicted octanol–water partition coefficient (Wildman–Crippen LogP) is 3.50. The molecule has 1 saturated carbocycles. The van der Waals surface area contributed by atoms with Crippen molar-refractivity contribution in [3.63, 3.8) is 0 Å². The van der Waals surface area contributed by atoms with Crippen LogP contribution in [-0.4, -0.2) is 18.1 Å². The first-order chi connectivity index (χ1) is 11.5. The second kappa shape index (κ2) is 7.07. The number of rotatable bonds is 3. The first kappa shape index (κ1) is 16.6. The zero-order valence-electron chi connectivity index (χ0n) is 14.2. The lowest BCUT2D eigenvalue weighted by molar-refractivity contribution is -0.146. The molecule has 0 radical (unpaired) electrons. The van der Waals surface area contributed by atoms with Gasteiger partial charge in [0.15, 0.2) is 0 Å². The van der Waals surface area contributed by atoms with E-state index in [0.717, 1.165) is 36.8 Å². The maximum absolute atomic E-state index is 12.8. The maximum atomic E-state index is 12.8. The minimum Gasteiger partial charge on any atom is -0.459 e. The number of carbonyl (C=O) groups excluding carboxylic acids is 2. The van der Waals surface area contributed by atoms with Gasteiger partial charge in [0.2, 0.25) is 0 Å². The number of amides is 2. The first-order valence-electron chi connectivity index (χ1n) is 8.60. The molecule has 5 heteroatoms. The summed E-state index contributed by atoms with van der Waals surface area (Å²) in [7, 11) is 0. The molecule has 0 unspecified atom stereocenters. The number of urea groups is 1. The van der Waals surface area contributed by atoms with Gasteiger partial charge in [0.05, 0.1) is 11.6 Å². The van der Waals surface area contributed by atoms with Crippen molar-refractivity contribution in [1.29, 1.82) is 0 Å². The van der Waals surface area contributed by atoms with Crippen LogP contribution >= 0.6 is 0 Å². The summed E-state index contributed by atoms with van der Waals surface area (Å²) in [5.41, 5.74) is 3.06. The van der Waals surface area contributed by atoms with Crippen LogP contribution in [0.2, 0.25) is 0 Å². The Morgan fingerprint density at radius 3 is 2.42 bits per heavy atom. The van der Waals surface area contributed by atoms with Crippen LogP contribution < -0.4 is 10.6 Å². The average Bonchev–Trinajstić information content (AvgIpc) is 2.55. The van der Waals surface area contributed by atoms with Crippen molar-refractivity contribution in [3.8, 4) is 0 Å². The highest BCUT2D eigenvalue weighted by Crippen LogP contribution is 2.29. The van der Waals surface area contributed by atoms with Gasteiger partial charge in [0.1, 0.15) is 6.10 Å². The number of ether oxygens (including phenoxy) is 1. The molecule has 1 aromatic carbocycles. The molecule has 2 amide bonds. The fourth-order valence-corrected chi connectivity index (χ4v) is 3.37. The van der Waals surface area contributed by atoms with Gasteiger partial charge in [0.25, 0.3) is 0 Å². The molecule has 1 aliphatic heterocycles. The molecule has 0 aromatic heterocycles. The molecule has 0 bridgehead atoms. The molecule has 1 aliphatic carbocycles. The Morgan fingerprint density at radius 2 is 1.75 bits per heavy atom. The summed E-state index contributed by atoms with van der Waals surface area (Å²) in [6.07, 6.45) is 5.25. The number of benzene rings is 1. The van der Waals surface area contributed by atoms with Crippen LogP contribution in [0, 0.1) is 6.92 Å². The van der Waals surface area contributed by atoms with Crippen molar-refractivity contribution in [1.82, 2.24) is 10.6 Å². The Hall–Kier alpha value is -2.30. The first-order valence-corrected chi connectivity index (χ1v) is 8.60. The van der Waals surface area contributed by atoms with Gasteiger partial charge in [0, 0.05) is 5.70 Å². The normalized spacial score (nSPS) is 21.9. The van der Waals surface area contributed by atoms with Gasteiger partial charge < -0.3 is 15.4 Å². The summed E-state index contributed by atoms with van der Waals surface area (Å²) in [5.74, 6) is -0.336. The van der Waals surface area contributed by atoms with Crippen molar-refractivity contribution >= 4 is 12.0 Å². The number of aryl methyl sites for hydroxylation is 1. The summed E-state index contributed by atoms with van der Waals surface area (Å²) in [5, 5.41) is 5.53. The molecule has 3 rings (SSSR count). The number of hydrogen-bond donors (Lipinski definition) is 2. The van der Waals surface area contributed by atoms with E-state index in [0.29, 0.717) is 11.3 Å². The lowest BCUT2D eigenvalue weighted by Gasteiger charge is -2.30. The van der Waals surface area contributed by atoms with Gasteiger partial charge in [-0.3, -0.25) is 0 Å². The van der Waals surface area contributed by atoms with Crippen molar-refractivity contribution in [3.05, 3.63) is 46.7 Å². The third-order valence-electron chi connectivity index (χ3n) is 4.73. The summed E-state index contributed by atoms with van der Waals surface area (Å²) in [4.78, 5) is 24.6. The van der Waals surface area contributed by atoms with Crippen molar-refractivity contribution in [2.24, 2.45) is 0 Å². The second-order valence-corrected chi connectivity index (χ2v) is 6.65. The number of allylic oxidation sites excluding steroid dienone is 1. The van der Waals surface area contributed by atoms with Crippen LogP contribution in [0.5, 0.6) is 0 Å². The fraction of sp³-hybridized carbons (Fsp3) is 0.474. The molecule has 1 heterocycles. The lowest BCUT2D eigenvalue weighted by atomic mass is 9.94. The van der Waals surface area contributed by atoms with E-state index in [-0.39, 0.29) is 18.1 Å². The Labute approximate surface area is 142 Å². The van der Waals surface area contributed by atoms with E-state index in [1.54, 1.807) is 6.92 Å². The zero-order chi connectivity index (χ0) is 17.1. The van der Waals surface area contributed by atoms with Gasteiger partial charge in [-0.25, -0.2) is 9.59 Å². The van der Waals surface area contributed by atoms with Gasteiger partial charge >= 0.3 is 12.0 Å². The highest BCUT2D eigenvalue weighted by molar-refractivity contribution is 5.95. The van der Waals surface area contributed by atoms with E-state index in [9.17, 15) is 9.59 Å². The molecule has 2 aliphatic rings. The Kier molecular flexibility index (Phi) is 4.88. The number of nitrogens with one attached hydrogen (secondary N) is 2. The van der Waals surface area contributed by atoms with E-state index < -0.39 is 6.04 Å². The van der Waals surface area contributed by atoms with E-state index in [1.807, 2.05) is 31.2 Å². The van der Waals surface area contributed by atoms with Crippen LogP contribution in [0.4, 0.5) is 4.79 Å². The zero-order valence-corrected chi connectivity index (χ0v) is 14.2. The van der Waals surface area contributed by atoms with Crippen LogP contribution in [0.15, 0.2) is 35.5 Å². The summed E-state index contributed by atoms with van der Waals surface area (Å²) >= 11 is 0. The molecule has 0 saturated heterocycles. The molecule has 0 spiro atoms. The van der Waals surface area contributed by atoms with Crippen LogP contribution in [-0.2, 0) is 9.53 Å². The molecule has 1 aromatic rings. The highest BCUT2D eigenvalue weighted by atomic mass is 16.5. The summed E-state index contributed by atoms with van der Waals surface area (Å²) in [6.45, 7) is 3.75. The number of esters is 1. The van der Waals surface area contributed by atoms with Crippen LogP contribution in [0.1, 0.15) is 56.2 Å². The Morgan fingerprint density at radius 1 is 1.08 bits per heavy atom. The van der Waals surface area contributed by atoms with E-state index in [4.69, 9.17) is 4.74 Å². The second-order valence-electron chi connectivity index (χ2n) is 6.65. The fourth-order valence-electron chi connectivity index (χ4n) is 3.37. The SMILES string of the molecule is CC1=C(C(=O)OC2CCCCC2)[C@@H](c2ccc(C)cc2)NC(=O)N1. The van der Waals surface area contributed by atoms with Gasteiger partial charge in [-0.2, -0.15) is 0 Å². The van der Waals surface area contributed by atoms with Crippen molar-refractivity contribution in [2.45, 2.75) is 58.1 Å². The van der Waals surface area contributed by atoms with Crippen LogP contribution in [0.25, 0.3) is 0 Å². The largest absolute Gasteiger partial charge is 0.459 e. The lowest BCUT2D eigenvalue weighted by Crippen LogP contribution is -2.45. The van der Waals surface area contributed by atoms with Gasteiger partial charge in [-0.1, -0.05) is 36.2 Å². The van der Waals surface area contributed by atoms with E-state index >= 15 is 0 Å². The van der Waals surface area contributed by atoms with Crippen molar-refractivity contribution < 1.29 is 14.3 Å². The topological polar surface area (TPSA) is 67.4 Å². The molecule has 24 heavy (non-hydrogen) atoms. The molecule has 1 fully saturated rings. The molecule has 128 valence electrons. The molecule has 5 nitrogen and oxygen atoms in total. The van der Waals surface area contributed by atoms with Gasteiger partial charge in [-0.05, 0) is 45.1 Å². The minimum absolute atomic E-state index is 0.0113. The highest BCUT2D eigenvalue weighted by Gasteiger charge is 2.33. The van der Waals surface area contributed by atoms with Crippen LogP contribution in [0.3, 0.4) is 0 Å². The molecular weight excluding hydrogens is 304 g/mol. The quantitative estimate of drug-likeness (QED) is 0.835. The van der Waals surface area contributed by atoms with Gasteiger partial charge in [-0.15, -0.1) is 0 Å². The van der Waals surface area contributed by atoms with Crippen molar-refractivity contribution in [2.75, 3.05) is 0 Å². The number of carbonyl (C=O) groups is 2. The summed E-state index contributed by atoms with van der Waals surface area (Å²) < 4.78 is 5.72. The minimum atomic E-state index is -0.476. The van der Waals surface area contributed by atoms with E-state index in [1.165, 1.54) is 6.42 Å². The van der Waals surface area contributed by atoms with E-state index in [2.05, 4.69) is 10.6 Å².